The van der Waals surface area contributed by atoms with Crippen LogP contribution in [-0.4, -0.2) is 9.97 Å². The fourth-order valence-electron chi connectivity index (χ4n) is 1.59. The van der Waals surface area contributed by atoms with Crippen LogP contribution in [-0.2, 0) is 0 Å². The average molecular weight is 217 g/mol. The smallest absolute Gasteiger partial charge is 0.223 e. The highest BCUT2D eigenvalue weighted by molar-refractivity contribution is 5.30. The summed E-state index contributed by atoms with van der Waals surface area (Å²) in [6.45, 7) is 5.93. The normalized spacial score (nSPS) is 12.4. The van der Waals surface area contributed by atoms with Crippen molar-refractivity contribution < 1.29 is 4.42 Å². The SMILES string of the molecule is Cc1cc(C)nc(NC(C)c2ccco2)n1. The lowest BCUT2D eigenvalue weighted by molar-refractivity contribution is 0.489. The molecule has 2 aromatic heterocycles. The highest BCUT2D eigenvalue weighted by Crippen LogP contribution is 2.17. The summed E-state index contributed by atoms with van der Waals surface area (Å²) in [5.41, 5.74) is 1.92. The van der Waals surface area contributed by atoms with Gasteiger partial charge in [0.25, 0.3) is 0 Å². The van der Waals surface area contributed by atoms with Gasteiger partial charge in [0.2, 0.25) is 5.95 Å². The first-order valence-corrected chi connectivity index (χ1v) is 5.27. The number of rotatable bonds is 3. The van der Waals surface area contributed by atoms with Crippen LogP contribution >= 0.6 is 0 Å². The van der Waals surface area contributed by atoms with E-state index in [1.165, 1.54) is 0 Å². The van der Waals surface area contributed by atoms with E-state index in [0.29, 0.717) is 5.95 Å². The molecular formula is C12H15N3O. The second-order valence-corrected chi connectivity index (χ2v) is 3.86. The summed E-state index contributed by atoms with van der Waals surface area (Å²) >= 11 is 0. The molecule has 2 rings (SSSR count). The molecule has 4 heteroatoms. The molecule has 1 atom stereocenters. The van der Waals surface area contributed by atoms with E-state index in [1.807, 2.05) is 39.0 Å². The quantitative estimate of drug-likeness (QED) is 0.858. The highest BCUT2D eigenvalue weighted by Gasteiger charge is 2.09. The Morgan fingerprint density at radius 1 is 1.25 bits per heavy atom. The number of aryl methyl sites for hydroxylation is 2. The van der Waals surface area contributed by atoms with Crippen LogP contribution in [0.3, 0.4) is 0 Å². The molecule has 0 aliphatic rings. The van der Waals surface area contributed by atoms with Gasteiger partial charge in [-0.2, -0.15) is 0 Å². The van der Waals surface area contributed by atoms with Gasteiger partial charge in [-0.05, 0) is 39.0 Å². The number of hydrogen-bond acceptors (Lipinski definition) is 4. The molecule has 2 heterocycles. The molecule has 84 valence electrons. The molecule has 4 nitrogen and oxygen atoms in total. The van der Waals surface area contributed by atoms with E-state index < -0.39 is 0 Å². The van der Waals surface area contributed by atoms with Crippen molar-refractivity contribution in [3.8, 4) is 0 Å². The largest absolute Gasteiger partial charge is 0.467 e. The Labute approximate surface area is 94.7 Å². The van der Waals surface area contributed by atoms with Crippen molar-refractivity contribution >= 4 is 5.95 Å². The van der Waals surface area contributed by atoms with E-state index in [-0.39, 0.29) is 6.04 Å². The van der Waals surface area contributed by atoms with Crippen LogP contribution in [0, 0.1) is 13.8 Å². The van der Waals surface area contributed by atoms with E-state index in [9.17, 15) is 0 Å². The first-order chi connectivity index (χ1) is 7.65. The van der Waals surface area contributed by atoms with Crippen molar-refractivity contribution in [1.29, 1.82) is 0 Å². The van der Waals surface area contributed by atoms with E-state index in [4.69, 9.17) is 4.42 Å². The number of nitrogens with zero attached hydrogens (tertiary/aromatic N) is 2. The van der Waals surface area contributed by atoms with Gasteiger partial charge in [0.05, 0.1) is 12.3 Å². The summed E-state index contributed by atoms with van der Waals surface area (Å²) in [7, 11) is 0. The number of anilines is 1. The molecule has 2 aromatic rings. The van der Waals surface area contributed by atoms with Gasteiger partial charge < -0.3 is 9.73 Å². The monoisotopic (exact) mass is 217 g/mol. The van der Waals surface area contributed by atoms with Crippen LogP contribution in [0.25, 0.3) is 0 Å². The van der Waals surface area contributed by atoms with E-state index in [1.54, 1.807) is 6.26 Å². The van der Waals surface area contributed by atoms with Gasteiger partial charge >= 0.3 is 0 Å². The Hall–Kier alpha value is -1.84. The molecule has 0 fully saturated rings. The van der Waals surface area contributed by atoms with Crippen LogP contribution in [0.1, 0.15) is 30.1 Å². The zero-order chi connectivity index (χ0) is 11.5. The van der Waals surface area contributed by atoms with Crippen LogP contribution in [0.15, 0.2) is 28.9 Å². The minimum atomic E-state index is 0.0659. The fourth-order valence-corrected chi connectivity index (χ4v) is 1.59. The molecule has 0 bridgehead atoms. The van der Waals surface area contributed by atoms with Crippen molar-refractivity contribution in [3.63, 3.8) is 0 Å². The lowest BCUT2D eigenvalue weighted by Gasteiger charge is -2.11. The Kier molecular flexibility index (Phi) is 2.90. The third kappa shape index (κ3) is 2.39. The van der Waals surface area contributed by atoms with Gasteiger partial charge in [0.1, 0.15) is 5.76 Å². The first-order valence-electron chi connectivity index (χ1n) is 5.27. The second kappa shape index (κ2) is 4.35. The molecule has 0 saturated heterocycles. The lowest BCUT2D eigenvalue weighted by Crippen LogP contribution is -2.09. The first kappa shape index (κ1) is 10.7. The number of hydrogen-bond donors (Lipinski definition) is 1. The zero-order valence-electron chi connectivity index (χ0n) is 9.69. The van der Waals surface area contributed by atoms with Crippen molar-refractivity contribution in [2.75, 3.05) is 5.32 Å². The maximum atomic E-state index is 5.31. The molecule has 0 aliphatic heterocycles. The van der Waals surface area contributed by atoms with Gasteiger partial charge in [-0.25, -0.2) is 9.97 Å². The minimum absolute atomic E-state index is 0.0659. The second-order valence-electron chi connectivity index (χ2n) is 3.86. The van der Waals surface area contributed by atoms with Crippen molar-refractivity contribution in [2.45, 2.75) is 26.8 Å². The van der Waals surface area contributed by atoms with E-state index >= 15 is 0 Å². The Morgan fingerprint density at radius 3 is 2.50 bits per heavy atom. The molecule has 1 unspecified atom stereocenters. The Bertz CT molecular complexity index is 445. The number of nitrogens with one attached hydrogen (secondary N) is 1. The van der Waals surface area contributed by atoms with E-state index in [0.717, 1.165) is 17.1 Å². The summed E-state index contributed by atoms with van der Waals surface area (Å²) in [4.78, 5) is 8.64. The highest BCUT2D eigenvalue weighted by atomic mass is 16.3. The van der Waals surface area contributed by atoms with E-state index in [2.05, 4.69) is 15.3 Å². The molecule has 16 heavy (non-hydrogen) atoms. The molecular weight excluding hydrogens is 202 g/mol. The van der Waals surface area contributed by atoms with Crippen molar-refractivity contribution in [1.82, 2.24) is 9.97 Å². The summed E-state index contributed by atoms with van der Waals surface area (Å²) in [5.74, 6) is 1.52. The standard InChI is InChI=1S/C12H15N3O/c1-8-7-9(2)14-12(13-8)15-10(3)11-5-4-6-16-11/h4-7,10H,1-3H3,(H,13,14,15). The minimum Gasteiger partial charge on any atom is -0.467 e. The summed E-state index contributed by atoms with van der Waals surface area (Å²) < 4.78 is 5.31. The van der Waals surface area contributed by atoms with Crippen molar-refractivity contribution in [2.24, 2.45) is 0 Å². The molecule has 0 aliphatic carbocycles. The summed E-state index contributed by atoms with van der Waals surface area (Å²) in [6, 6.07) is 5.81. The third-order valence-electron chi connectivity index (χ3n) is 2.30. The maximum absolute atomic E-state index is 5.31. The third-order valence-corrected chi connectivity index (χ3v) is 2.30. The van der Waals surface area contributed by atoms with Crippen LogP contribution < -0.4 is 5.32 Å². The van der Waals surface area contributed by atoms with Crippen molar-refractivity contribution in [3.05, 3.63) is 41.6 Å². The molecule has 0 radical (unpaired) electrons. The van der Waals surface area contributed by atoms with Gasteiger partial charge in [0, 0.05) is 11.4 Å². The van der Waals surface area contributed by atoms with Gasteiger partial charge in [-0.15, -0.1) is 0 Å². The molecule has 1 N–H and O–H groups in total. The zero-order valence-corrected chi connectivity index (χ0v) is 9.69. The summed E-state index contributed by atoms with van der Waals surface area (Å²) in [5, 5.41) is 3.21. The van der Waals surface area contributed by atoms with Gasteiger partial charge in [0.15, 0.2) is 0 Å². The van der Waals surface area contributed by atoms with Crippen LogP contribution in [0.2, 0.25) is 0 Å². The number of aromatic nitrogens is 2. The van der Waals surface area contributed by atoms with Crippen LogP contribution in [0.4, 0.5) is 5.95 Å². The predicted molar refractivity (Wildman–Crippen MR) is 62.3 cm³/mol. The molecule has 0 aromatic carbocycles. The Balaban J connectivity index is 2.15. The average Bonchev–Trinajstić information content (AvgIpc) is 2.68. The van der Waals surface area contributed by atoms with Gasteiger partial charge in [-0.3, -0.25) is 0 Å². The number of furan rings is 1. The fraction of sp³-hybridized carbons (Fsp3) is 0.333. The lowest BCUT2D eigenvalue weighted by atomic mass is 10.2. The topological polar surface area (TPSA) is 51.0 Å². The summed E-state index contributed by atoms with van der Waals surface area (Å²) in [6.07, 6.45) is 1.66. The maximum Gasteiger partial charge on any atom is 0.223 e. The molecule has 0 saturated carbocycles. The molecule has 0 amide bonds. The van der Waals surface area contributed by atoms with Gasteiger partial charge in [-0.1, -0.05) is 0 Å². The van der Waals surface area contributed by atoms with Crippen LogP contribution in [0.5, 0.6) is 0 Å². The Morgan fingerprint density at radius 2 is 1.94 bits per heavy atom. The predicted octanol–water partition coefficient (Wildman–Crippen LogP) is 2.86. The molecule has 0 spiro atoms.